The van der Waals surface area contributed by atoms with Crippen molar-refractivity contribution in [1.82, 2.24) is 14.7 Å². The molecule has 31 heavy (non-hydrogen) atoms. The number of rotatable bonds is 9. The van der Waals surface area contributed by atoms with Crippen LogP contribution < -0.4 is 4.74 Å². The van der Waals surface area contributed by atoms with Crippen molar-refractivity contribution in [3.63, 3.8) is 0 Å². The van der Waals surface area contributed by atoms with E-state index in [0.717, 1.165) is 6.26 Å². The molecule has 0 saturated carbocycles. The molecule has 0 N–H and O–H groups in total. The van der Waals surface area contributed by atoms with Crippen molar-refractivity contribution in [3.8, 4) is 5.88 Å². The van der Waals surface area contributed by atoms with Gasteiger partial charge in [-0.1, -0.05) is 11.6 Å². The summed E-state index contributed by atoms with van der Waals surface area (Å²) < 4.78 is 31.4. The fourth-order valence-electron chi connectivity index (χ4n) is 3.53. The van der Waals surface area contributed by atoms with Crippen LogP contribution in [0.25, 0.3) is 0 Å². The molecule has 1 heterocycles. The van der Waals surface area contributed by atoms with Crippen LogP contribution >= 0.6 is 11.6 Å². The van der Waals surface area contributed by atoms with E-state index in [4.69, 9.17) is 16.3 Å². The number of sulfone groups is 1. The topological polar surface area (TPSA) is 98.6 Å². The monoisotopic (exact) mass is 469 g/mol. The molecule has 0 fully saturated rings. The van der Waals surface area contributed by atoms with E-state index >= 15 is 0 Å². The van der Waals surface area contributed by atoms with Crippen LogP contribution in [-0.2, 0) is 21.2 Å². The molecule has 8 nitrogen and oxygen atoms in total. The van der Waals surface area contributed by atoms with Crippen molar-refractivity contribution in [3.05, 3.63) is 39.5 Å². The molecule has 0 spiro atoms. The standard InChI is InChI=1S/C21H28ClN3O5S/c1-7-24(8-2)17(26)12-30-21-16(11-23-25(21)9-3)19(27)15-10-13(4)20(31(6,28)29)14(5)18(15)22/h10-11H,7-9,12H2,1-6H3. The number of hydrogen-bond acceptors (Lipinski definition) is 6. The van der Waals surface area contributed by atoms with Gasteiger partial charge in [-0.15, -0.1) is 0 Å². The highest BCUT2D eigenvalue weighted by Gasteiger charge is 2.27. The highest BCUT2D eigenvalue weighted by molar-refractivity contribution is 7.90. The second kappa shape index (κ2) is 9.82. The average Bonchev–Trinajstić information content (AvgIpc) is 3.11. The second-order valence-electron chi connectivity index (χ2n) is 7.14. The highest BCUT2D eigenvalue weighted by atomic mass is 35.5. The maximum absolute atomic E-state index is 13.3. The zero-order chi connectivity index (χ0) is 23.5. The first kappa shape index (κ1) is 24.9. The summed E-state index contributed by atoms with van der Waals surface area (Å²) >= 11 is 6.41. The van der Waals surface area contributed by atoms with E-state index in [9.17, 15) is 18.0 Å². The lowest BCUT2D eigenvalue weighted by atomic mass is 10.0. The van der Waals surface area contributed by atoms with Gasteiger partial charge in [0, 0.05) is 31.5 Å². The van der Waals surface area contributed by atoms with Crippen molar-refractivity contribution >= 4 is 33.1 Å². The Bertz CT molecular complexity index is 1100. The van der Waals surface area contributed by atoms with E-state index in [-0.39, 0.29) is 39.4 Å². The molecular formula is C21H28ClN3O5S. The molecule has 2 aromatic rings. The number of amides is 1. The lowest BCUT2D eigenvalue weighted by Gasteiger charge is -2.19. The first-order chi connectivity index (χ1) is 14.5. The van der Waals surface area contributed by atoms with Crippen molar-refractivity contribution < 1.29 is 22.7 Å². The van der Waals surface area contributed by atoms with Gasteiger partial charge in [0.1, 0.15) is 5.56 Å². The van der Waals surface area contributed by atoms with Crippen molar-refractivity contribution in [2.45, 2.75) is 46.1 Å². The van der Waals surface area contributed by atoms with Gasteiger partial charge in [0.2, 0.25) is 11.7 Å². The molecule has 0 atom stereocenters. The quantitative estimate of drug-likeness (QED) is 0.523. The Hall–Kier alpha value is -2.39. The van der Waals surface area contributed by atoms with E-state index in [1.807, 2.05) is 20.8 Å². The summed E-state index contributed by atoms with van der Waals surface area (Å²) in [5, 5.41) is 4.24. The number of aromatic nitrogens is 2. The number of carbonyl (C=O) groups is 2. The SMILES string of the molecule is CCN(CC)C(=O)COc1c(C(=O)c2cc(C)c(S(C)(=O)=O)c(C)c2Cl)cnn1CC. The van der Waals surface area contributed by atoms with Crippen LogP contribution in [0.5, 0.6) is 5.88 Å². The van der Waals surface area contributed by atoms with Gasteiger partial charge in [-0.25, -0.2) is 13.1 Å². The molecule has 1 aromatic carbocycles. The third kappa shape index (κ3) is 5.10. The van der Waals surface area contributed by atoms with E-state index in [2.05, 4.69) is 5.10 Å². The van der Waals surface area contributed by atoms with Crippen LogP contribution in [0.3, 0.4) is 0 Å². The summed E-state index contributed by atoms with van der Waals surface area (Å²) in [5.41, 5.74) is 1.05. The Balaban J connectivity index is 2.48. The molecule has 0 saturated heterocycles. The smallest absolute Gasteiger partial charge is 0.260 e. The van der Waals surface area contributed by atoms with Crippen molar-refractivity contribution in [2.75, 3.05) is 26.0 Å². The molecule has 0 bridgehead atoms. The number of hydrogen-bond donors (Lipinski definition) is 0. The van der Waals surface area contributed by atoms with Gasteiger partial charge in [-0.05, 0) is 51.8 Å². The first-order valence-electron chi connectivity index (χ1n) is 9.98. The van der Waals surface area contributed by atoms with Gasteiger partial charge in [-0.2, -0.15) is 5.10 Å². The summed E-state index contributed by atoms with van der Waals surface area (Å²) in [7, 11) is -3.51. The molecule has 170 valence electrons. The van der Waals surface area contributed by atoms with Crippen LogP contribution in [0.4, 0.5) is 0 Å². The third-order valence-electron chi connectivity index (χ3n) is 5.02. The van der Waals surface area contributed by atoms with Crippen LogP contribution in [0.15, 0.2) is 17.2 Å². The Morgan fingerprint density at radius 3 is 2.29 bits per heavy atom. The minimum atomic E-state index is -3.51. The third-order valence-corrected chi connectivity index (χ3v) is 6.88. The lowest BCUT2D eigenvalue weighted by molar-refractivity contribution is -0.133. The Labute approximate surface area is 188 Å². The number of likely N-dealkylation sites (N-methyl/N-ethyl adjacent to an activating group) is 1. The van der Waals surface area contributed by atoms with Crippen molar-refractivity contribution in [1.29, 1.82) is 0 Å². The van der Waals surface area contributed by atoms with Gasteiger partial charge in [-0.3, -0.25) is 9.59 Å². The molecule has 1 amide bonds. The second-order valence-corrected chi connectivity index (χ2v) is 9.47. The maximum atomic E-state index is 13.3. The Morgan fingerprint density at radius 2 is 1.77 bits per heavy atom. The van der Waals surface area contributed by atoms with E-state index < -0.39 is 15.6 Å². The summed E-state index contributed by atoms with van der Waals surface area (Å²) in [5.74, 6) is -0.484. The van der Waals surface area contributed by atoms with Crippen LogP contribution in [0, 0.1) is 13.8 Å². The summed E-state index contributed by atoms with van der Waals surface area (Å²) in [6, 6.07) is 1.46. The minimum Gasteiger partial charge on any atom is -0.467 e. The molecule has 2 rings (SSSR count). The molecule has 10 heteroatoms. The molecular weight excluding hydrogens is 442 g/mol. The van der Waals surface area contributed by atoms with Crippen LogP contribution in [0.1, 0.15) is 47.8 Å². The minimum absolute atomic E-state index is 0.0606. The summed E-state index contributed by atoms with van der Waals surface area (Å²) in [6.45, 7) is 10.1. The fraction of sp³-hybridized carbons (Fsp3) is 0.476. The Morgan fingerprint density at radius 1 is 1.16 bits per heavy atom. The highest BCUT2D eigenvalue weighted by Crippen LogP contribution is 2.33. The number of carbonyl (C=O) groups excluding carboxylic acids is 2. The number of nitrogens with zero attached hydrogens (tertiary/aromatic N) is 3. The maximum Gasteiger partial charge on any atom is 0.260 e. The number of ketones is 1. The largest absolute Gasteiger partial charge is 0.467 e. The molecule has 0 aliphatic rings. The van der Waals surface area contributed by atoms with Gasteiger partial charge in [0.15, 0.2) is 16.4 Å². The number of benzene rings is 1. The van der Waals surface area contributed by atoms with Crippen LogP contribution in [-0.4, -0.2) is 60.7 Å². The van der Waals surface area contributed by atoms with Crippen molar-refractivity contribution in [2.24, 2.45) is 0 Å². The zero-order valence-corrected chi connectivity index (χ0v) is 20.2. The van der Waals surface area contributed by atoms with Crippen LogP contribution in [0.2, 0.25) is 5.02 Å². The van der Waals surface area contributed by atoms with Gasteiger partial charge in [0.25, 0.3) is 5.91 Å². The molecule has 0 radical (unpaired) electrons. The van der Waals surface area contributed by atoms with E-state index in [1.54, 1.807) is 18.7 Å². The number of aryl methyl sites for hydroxylation is 2. The zero-order valence-electron chi connectivity index (χ0n) is 18.7. The van der Waals surface area contributed by atoms with E-state index in [1.165, 1.54) is 16.9 Å². The summed E-state index contributed by atoms with van der Waals surface area (Å²) in [4.78, 5) is 27.4. The first-order valence-corrected chi connectivity index (χ1v) is 12.3. The lowest BCUT2D eigenvalue weighted by Crippen LogP contribution is -2.34. The molecule has 1 aromatic heterocycles. The van der Waals surface area contributed by atoms with Gasteiger partial charge >= 0.3 is 0 Å². The van der Waals surface area contributed by atoms with Gasteiger partial charge < -0.3 is 9.64 Å². The summed E-state index contributed by atoms with van der Waals surface area (Å²) in [6.07, 6.45) is 2.47. The average molecular weight is 470 g/mol. The van der Waals surface area contributed by atoms with E-state index in [0.29, 0.717) is 30.8 Å². The number of ether oxygens (including phenoxy) is 1. The number of halogens is 1. The molecule has 0 aliphatic heterocycles. The normalized spacial score (nSPS) is 11.5. The predicted molar refractivity (Wildman–Crippen MR) is 119 cm³/mol. The molecule has 0 aliphatic carbocycles. The fourth-order valence-corrected chi connectivity index (χ4v) is 5.12. The Kier molecular flexibility index (Phi) is 7.88. The molecule has 0 unspecified atom stereocenters. The van der Waals surface area contributed by atoms with Gasteiger partial charge in [0.05, 0.1) is 16.1 Å². The predicted octanol–water partition coefficient (Wildman–Crippen LogP) is 3.05.